The Hall–Kier alpha value is -1.34. The molecule has 7 heteroatoms. The second kappa shape index (κ2) is 6.41. The van der Waals surface area contributed by atoms with Crippen LogP contribution in [-0.2, 0) is 4.79 Å². The van der Waals surface area contributed by atoms with Crippen molar-refractivity contribution in [3.63, 3.8) is 0 Å². The molecule has 1 atom stereocenters. The molecule has 6 nitrogen and oxygen atoms in total. The van der Waals surface area contributed by atoms with E-state index in [1.54, 1.807) is 18.6 Å². The van der Waals surface area contributed by atoms with Crippen molar-refractivity contribution in [2.24, 2.45) is 0 Å². The third-order valence-electron chi connectivity index (χ3n) is 3.68. The smallest absolute Gasteiger partial charge is 0.240 e. The van der Waals surface area contributed by atoms with Crippen LogP contribution in [0.3, 0.4) is 0 Å². The molecule has 3 heterocycles. The molecule has 0 bridgehead atoms. The van der Waals surface area contributed by atoms with Crippen LogP contribution in [0.2, 0.25) is 0 Å². The van der Waals surface area contributed by atoms with Crippen molar-refractivity contribution >= 4 is 23.5 Å². The molecule has 0 saturated carbocycles. The van der Waals surface area contributed by atoms with Crippen molar-refractivity contribution in [2.45, 2.75) is 6.04 Å². The maximum absolute atomic E-state index is 12.4. The van der Waals surface area contributed by atoms with Gasteiger partial charge in [0.2, 0.25) is 5.91 Å². The van der Waals surface area contributed by atoms with Gasteiger partial charge in [-0.15, -0.1) is 0 Å². The minimum absolute atomic E-state index is 0.00295. The lowest BCUT2D eigenvalue weighted by Crippen LogP contribution is -2.56. The van der Waals surface area contributed by atoms with E-state index in [0.29, 0.717) is 0 Å². The van der Waals surface area contributed by atoms with Crippen molar-refractivity contribution in [1.82, 2.24) is 20.2 Å². The highest BCUT2D eigenvalue weighted by Gasteiger charge is 2.28. The number of amides is 1. The molecule has 0 aromatic carbocycles. The summed E-state index contributed by atoms with van der Waals surface area (Å²) in [6, 6.07) is -0.00295. The lowest BCUT2D eigenvalue weighted by Gasteiger charge is -2.37. The van der Waals surface area contributed by atoms with E-state index < -0.39 is 0 Å². The zero-order chi connectivity index (χ0) is 13.8. The number of rotatable bonds is 2. The summed E-state index contributed by atoms with van der Waals surface area (Å²) in [7, 11) is 0. The number of anilines is 1. The van der Waals surface area contributed by atoms with Gasteiger partial charge in [0.15, 0.2) is 0 Å². The molecule has 2 aliphatic rings. The molecule has 1 aromatic heterocycles. The summed E-state index contributed by atoms with van der Waals surface area (Å²) in [5.41, 5.74) is 0. The Kier molecular flexibility index (Phi) is 4.37. The summed E-state index contributed by atoms with van der Waals surface area (Å²) in [5, 5.41) is 3.31. The Morgan fingerprint density at radius 1 is 1.30 bits per heavy atom. The van der Waals surface area contributed by atoms with E-state index in [4.69, 9.17) is 0 Å². The van der Waals surface area contributed by atoms with Gasteiger partial charge < -0.3 is 15.1 Å². The highest BCUT2D eigenvalue weighted by molar-refractivity contribution is 7.99. The van der Waals surface area contributed by atoms with Gasteiger partial charge in [-0.2, -0.15) is 11.8 Å². The summed E-state index contributed by atoms with van der Waals surface area (Å²) in [6.45, 7) is 4.10. The van der Waals surface area contributed by atoms with Crippen molar-refractivity contribution in [2.75, 3.05) is 49.1 Å². The molecule has 0 spiro atoms. The molecule has 0 aliphatic carbocycles. The average molecular weight is 293 g/mol. The molecule has 1 aromatic rings. The van der Waals surface area contributed by atoms with Gasteiger partial charge in [-0.3, -0.25) is 9.78 Å². The molecule has 2 saturated heterocycles. The fourth-order valence-electron chi connectivity index (χ4n) is 2.55. The maximum atomic E-state index is 12.4. The van der Waals surface area contributed by atoms with Gasteiger partial charge in [0.25, 0.3) is 0 Å². The SMILES string of the molecule is O=C(C1CSCCN1)N1CCN(c2cnccn2)CC1. The zero-order valence-corrected chi connectivity index (χ0v) is 12.2. The first-order valence-corrected chi connectivity index (χ1v) is 8.11. The minimum atomic E-state index is -0.00295. The summed E-state index contributed by atoms with van der Waals surface area (Å²) in [4.78, 5) is 24.9. The summed E-state index contributed by atoms with van der Waals surface area (Å²) in [5.74, 6) is 3.13. The highest BCUT2D eigenvalue weighted by Crippen LogP contribution is 2.14. The molecule has 108 valence electrons. The van der Waals surface area contributed by atoms with Crippen LogP contribution in [0, 0.1) is 0 Å². The van der Waals surface area contributed by atoms with E-state index in [1.807, 2.05) is 16.7 Å². The van der Waals surface area contributed by atoms with Gasteiger partial charge in [0, 0.05) is 56.6 Å². The van der Waals surface area contributed by atoms with Crippen molar-refractivity contribution in [1.29, 1.82) is 0 Å². The Bertz CT molecular complexity index is 443. The average Bonchev–Trinajstić information content (AvgIpc) is 2.56. The number of aromatic nitrogens is 2. The van der Waals surface area contributed by atoms with Gasteiger partial charge in [0.05, 0.1) is 12.2 Å². The summed E-state index contributed by atoms with van der Waals surface area (Å²) >= 11 is 1.85. The number of piperazine rings is 1. The third kappa shape index (κ3) is 3.04. The van der Waals surface area contributed by atoms with Crippen LogP contribution in [0.15, 0.2) is 18.6 Å². The largest absolute Gasteiger partial charge is 0.352 e. The first kappa shape index (κ1) is 13.6. The Labute approximate surface area is 122 Å². The molecule has 1 unspecified atom stereocenters. The number of hydrogen-bond acceptors (Lipinski definition) is 6. The predicted molar refractivity (Wildman–Crippen MR) is 79.9 cm³/mol. The number of hydrogen-bond donors (Lipinski definition) is 1. The van der Waals surface area contributed by atoms with Gasteiger partial charge in [0.1, 0.15) is 5.82 Å². The standard InChI is InChI=1S/C13H19N5OS/c19-13(11-10-20-8-3-15-11)18-6-4-17(5-7-18)12-9-14-1-2-16-12/h1-2,9,11,15H,3-8,10H2. The molecule has 1 amide bonds. The Morgan fingerprint density at radius 3 is 2.80 bits per heavy atom. The van der Waals surface area contributed by atoms with Crippen LogP contribution in [-0.4, -0.2) is 71.0 Å². The molecular formula is C13H19N5OS. The molecular weight excluding hydrogens is 274 g/mol. The van der Waals surface area contributed by atoms with Gasteiger partial charge in [-0.05, 0) is 0 Å². The first-order valence-electron chi connectivity index (χ1n) is 6.95. The maximum Gasteiger partial charge on any atom is 0.240 e. The summed E-state index contributed by atoms with van der Waals surface area (Å²) in [6.07, 6.45) is 5.16. The van der Waals surface area contributed by atoms with Crippen LogP contribution < -0.4 is 10.2 Å². The molecule has 2 fully saturated rings. The van der Waals surface area contributed by atoms with Crippen LogP contribution in [0.4, 0.5) is 5.82 Å². The van der Waals surface area contributed by atoms with E-state index in [2.05, 4.69) is 20.2 Å². The van der Waals surface area contributed by atoms with E-state index in [-0.39, 0.29) is 11.9 Å². The lowest BCUT2D eigenvalue weighted by molar-refractivity contribution is -0.133. The van der Waals surface area contributed by atoms with Gasteiger partial charge in [-0.25, -0.2) is 4.98 Å². The van der Waals surface area contributed by atoms with Crippen LogP contribution in [0.1, 0.15) is 0 Å². The fourth-order valence-corrected chi connectivity index (χ4v) is 3.48. The van der Waals surface area contributed by atoms with Crippen LogP contribution in [0.5, 0.6) is 0 Å². The van der Waals surface area contributed by atoms with E-state index in [0.717, 1.165) is 50.0 Å². The Morgan fingerprint density at radius 2 is 2.15 bits per heavy atom. The fraction of sp³-hybridized carbons (Fsp3) is 0.615. The number of carbonyl (C=O) groups excluding carboxylic acids is 1. The lowest BCUT2D eigenvalue weighted by atomic mass is 10.2. The number of carbonyl (C=O) groups is 1. The molecule has 2 aliphatic heterocycles. The van der Waals surface area contributed by atoms with E-state index in [9.17, 15) is 4.79 Å². The second-order valence-electron chi connectivity index (χ2n) is 4.96. The van der Waals surface area contributed by atoms with Gasteiger partial charge >= 0.3 is 0 Å². The second-order valence-corrected chi connectivity index (χ2v) is 6.11. The van der Waals surface area contributed by atoms with Crippen molar-refractivity contribution in [3.8, 4) is 0 Å². The van der Waals surface area contributed by atoms with Crippen LogP contribution >= 0.6 is 11.8 Å². The number of thioether (sulfide) groups is 1. The van der Waals surface area contributed by atoms with Crippen LogP contribution in [0.25, 0.3) is 0 Å². The van der Waals surface area contributed by atoms with Crippen molar-refractivity contribution < 1.29 is 4.79 Å². The van der Waals surface area contributed by atoms with E-state index >= 15 is 0 Å². The van der Waals surface area contributed by atoms with E-state index in [1.165, 1.54) is 0 Å². The zero-order valence-electron chi connectivity index (χ0n) is 11.4. The quantitative estimate of drug-likeness (QED) is 0.817. The minimum Gasteiger partial charge on any atom is -0.352 e. The molecule has 3 rings (SSSR count). The Balaban J connectivity index is 1.54. The first-order chi connectivity index (χ1) is 9.84. The molecule has 20 heavy (non-hydrogen) atoms. The number of nitrogens with one attached hydrogen (secondary N) is 1. The molecule has 0 radical (unpaired) electrons. The summed E-state index contributed by atoms with van der Waals surface area (Å²) < 4.78 is 0. The van der Waals surface area contributed by atoms with Crippen molar-refractivity contribution in [3.05, 3.63) is 18.6 Å². The normalized spacial score (nSPS) is 23.7. The third-order valence-corrected chi connectivity index (χ3v) is 4.75. The monoisotopic (exact) mass is 293 g/mol. The predicted octanol–water partition coefficient (Wildman–Crippen LogP) is -0.170. The molecule has 1 N–H and O–H groups in total. The topological polar surface area (TPSA) is 61.4 Å². The number of nitrogens with zero attached hydrogens (tertiary/aromatic N) is 4. The highest BCUT2D eigenvalue weighted by atomic mass is 32.2. The van der Waals surface area contributed by atoms with Gasteiger partial charge in [-0.1, -0.05) is 0 Å².